The zero-order valence-corrected chi connectivity index (χ0v) is 17.9. The number of benzene rings is 2. The van der Waals surface area contributed by atoms with Crippen molar-refractivity contribution in [2.45, 2.75) is 33.0 Å². The number of amides is 2. The molecule has 1 saturated heterocycles. The molecular formula is C23H30ClN3O2. The summed E-state index contributed by atoms with van der Waals surface area (Å²) in [4.78, 5) is 14.8. The second-order valence-electron chi connectivity index (χ2n) is 7.81. The lowest BCUT2D eigenvalue weighted by molar-refractivity contribution is 0.0342. The van der Waals surface area contributed by atoms with E-state index in [9.17, 15) is 4.79 Å². The normalized spacial score (nSPS) is 15.9. The molecule has 1 fully saturated rings. The Morgan fingerprint density at radius 1 is 1.03 bits per heavy atom. The third-order valence-corrected chi connectivity index (χ3v) is 5.42. The minimum atomic E-state index is -0.170. The van der Waals surface area contributed by atoms with E-state index in [-0.39, 0.29) is 18.0 Å². The van der Waals surface area contributed by atoms with Gasteiger partial charge in [0.2, 0.25) is 0 Å². The van der Waals surface area contributed by atoms with E-state index in [0.29, 0.717) is 11.6 Å². The van der Waals surface area contributed by atoms with Crippen molar-refractivity contribution in [3.63, 3.8) is 0 Å². The van der Waals surface area contributed by atoms with Gasteiger partial charge in [-0.1, -0.05) is 61.8 Å². The van der Waals surface area contributed by atoms with Crippen molar-refractivity contribution in [1.29, 1.82) is 0 Å². The molecule has 0 radical (unpaired) electrons. The largest absolute Gasteiger partial charge is 0.379 e. The van der Waals surface area contributed by atoms with Crippen LogP contribution in [0.1, 0.15) is 36.6 Å². The van der Waals surface area contributed by atoms with Crippen LogP contribution in [0, 0.1) is 5.92 Å². The first-order chi connectivity index (χ1) is 14.0. The maximum Gasteiger partial charge on any atom is 0.315 e. The van der Waals surface area contributed by atoms with Gasteiger partial charge in [-0.2, -0.15) is 0 Å². The number of halogens is 1. The van der Waals surface area contributed by atoms with Gasteiger partial charge in [0.1, 0.15) is 0 Å². The molecule has 1 aliphatic rings. The predicted molar refractivity (Wildman–Crippen MR) is 117 cm³/mol. The van der Waals surface area contributed by atoms with Crippen LogP contribution in [0.5, 0.6) is 0 Å². The number of hydrogen-bond donors (Lipinski definition) is 2. The summed E-state index contributed by atoms with van der Waals surface area (Å²) in [6.07, 6.45) is 0. The Labute approximate surface area is 178 Å². The number of ether oxygens (including phenoxy) is 1. The quantitative estimate of drug-likeness (QED) is 0.706. The molecule has 0 spiro atoms. The first kappa shape index (κ1) is 21.6. The van der Waals surface area contributed by atoms with Gasteiger partial charge in [0.05, 0.1) is 19.3 Å². The molecule has 2 amide bonds. The van der Waals surface area contributed by atoms with Crippen LogP contribution in [0.15, 0.2) is 48.5 Å². The van der Waals surface area contributed by atoms with Crippen molar-refractivity contribution in [1.82, 2.24) is 15.5 Å². The number of hydrogen-bond acceptors (Lipinski definition) is 3. The Balaban J connectivity index is 1.49. The number of urea groups is 1. The predicted octanol–water partition coefficient (Wildman–Crippen LogP) is 4.37. The molecular weight excluding hydrogens is 386 g/mol. The zero-order valence-electron chi connectivity index (χ0n) is 17.2. The van der Waals surface area contributed by atoms with Gasteiger partial charge in [-0.25, -0.2) is 4.79 Å². The molecule has 0 aromatic heterocycles. The molecule has 2 aromatic carbocycles. The third kappa shape index (κ3) is 6.74. The summed E-state index contributed by atoms with van der Waals surface area (Å²) in [5.74, 6) is 0.265. The van der Waals surface area contributed by atoms with Crippen LogP contribution in [0.25, 0.3) is 0 Å². The Morgan fingerprint density at radius 2 is 1.66 bits per heavy atom. The maximum absolute atomic E-state index is 12.4. The lowest BCUT2D eigenvalue weighted by Gasteiger charge is -2.26. The Bertz CT molecular complexity index is 772. The first-order valence-electron chi connectivity index (χ1n) is 10.2. The van der Waals surface area contributed by atoms with E-state index in [4.69, 9.17) is 16.3 Å². The van der Waals surface area contributed by atoms with E-state index in [2.05, 4.69) is 53.6 Å². The van der Waals surface area contributed by atoms with Crippen LogP contribution in [0.4, 0.5) is 4.79 Å². The van der Waals surface area contributed by atoms with Crippen molar-refractivity contribution in [3.05, 3.63) is 70.2 Å². The van der Waals surface area contributed by atoms with E-state index in [1.165, 1.54) is 5.56 Å². The second kappa shape index (κ2) is 10.6. The van der Waals surface area contributed by atoms with E-state index in [1.54, 1.807) is 0 Å². The minimum absolute atomic E-state index is 0.0665. The summed E-state index contributed by atoms with van der Waals surface area (Å²) in [5.41, 5.74) is 3.41. The van der Waals surface area contributed by atoms with Crippen molar-refractivity contribution < 1.29 is 9.53 Å². The maximum atomic E-state index is 12.4. The van der Waals surface area contributed by atoms with Crippen LogP contribution < -0.4 is 10.6 Å². The lowest BCUT2D eigenvalue weighted by atomic mass is 9.96. The van der Waals surface area contributed by atoms with Gasteiger partial charge in [-0.15, -0.1) is 0 Å². The molecule has 0 aliphatic carbocycles. The number of carbonyl (C=O) groups excluding carboxylic acids is 1. The van der Waals surface area contributed by atoms with Crippen molar-refractivity contribution in [2.24, 2.45) is 5.92 Å². The third-order valence-electron chi connectivity index (χ3n) is 5.17. The van der Waals surface area contributed by atoms with Crippen LogP contribution in [-0.2, 0) is 17.8 Å². The monoisotopic (exact) mass is 415 g/mol. The van der Waals surface area contributed by atoms with Gasteiger partial charge in [0.15, 0.2) is 0 Å². The molecule has 0 saturated carbocycles. The molecule has 156 valence electrons. The SMILES string of the molecule is CC(C)C(NC(=O)NCc1ccc(CN2CCOCC2)cc1)c1ccc(Cl)cc1. The van der Waals surface area contributed by atoms with Gasteiger partial charge in [-0.05, 0) is 34.7 Å². The highest BCUT2D eigenvalue weighted by atomic mass is 35.5. The van der Waals surface area contributed by atoms with Crippen molar-refractivity contribution in [2.75, 3.05) is 26.3 Å². The molecule has 1 aliphatic heterocycles. The van der Waals surface area contributed by atoms with E-state index in [0.717, 1.165) is 44.0 Å². The molecule has 2 aromatic rings. The lowest BCUT2D eigenvalue weighted by Crippen LogP contribution is -2.39. The molecule has 0 bridgehead atoms. The average molecular weight is 416 g/mol. The van der Waals surface area contributed by atoms with E-state index in [1.807, 2.05) is 24.3 Å². The van der Waals surface area contributed by atoms with E-state index < -0.39 is 0 Å². The number of nitrogens with one attached hydrogen (secondary N) is 2. The molecule has 29 heavy (non-hydrogen) atoms. The van der Waals surface area contributed by atoms with Crippen LogP contribution in [0.3, 0.4) is 0 Å². The summed E-state index contributed by atoms with van der Waals surface area (Å²) < 4.78 is 5.39. The minimum Gasteiger partial charge on any atom is -0.379 e. The van der Waals surface area contributed by atoms with Crippen molar-refractivity contribution in [3.8, 4) is 0 Å². The summed E-state index contributed by atoms with van der Waals surface area (Å²) in [5, 5.41) is 6.73. The molecule has 3 rings (SSSR count). The highest BCUT2D eigenvalue weighted by Gasteiger charge is 2.18. The van der Waals surface area contributed by atoms with Gasteiger partial charge in [0.25, 0.3) is 0 Å². The zero-order chi connectivity index (χ0) is 20.6. The Morgan fingerprint density at radius 3 is 2.28 bits per heavy atom. The Hall–Kier alpha value is -2.08. The number of nitrogens with zero attached hydrogens (tertiary/aromatic N) is 1. The summed E-state index contributed by atoms with van der Waals surface area (Å²) in [6, 6.07) is 15.8. The first-order valence-corrected chi connectivity index (χ1v) is 10.6. The van der Waals surface area contributed by atoms with Crippen molar-refractivity contribution >= 4 is 17.6 Å². The highest BCUT2D eigenvalue weighted by molar-refractivity contribution is 6.30. The number of morpholine rings is 1. The molecule has 5 nitrogen and oxygen atoms in total. The fraction of sp³-hybridized carbons (Fsp3) is 0.435. The molecule has 1 heterocycles. The fourth-order valence-electron chi connectivity index (χ4n) is 3.46. The summed E-state index contributed by atoms with van der Waals surface area (Å²) in [6.45, 7) is 9.19. The topological polar surface area (TPSA) is 53.6 Å². The second-order valence-corrected chi connectivity index (χ2v) is 8.24. The average Bonchev–Trinajstić information content (AvgIpc) is 2.73. The van der Waals surface area contributed by atoms with Gasteiger partial charge in [-0.3, -0.25) is 4.90 Å². The summed E-state index contributed by atoms with van der Waals surface area (Å²) in [7, 11) is 0. The smallest absolute Gasteiger partial charge is 0.315 e. The van der Waals surface area contributed by atoms with Crippen LogP contribution in [0.2, 0.25) is 5.02 Å². The van der Waals surface area contributed by atoms with Gasteiger partial charge >= 0.3 is 6.03 Å². The number of rotatable bonds is 7. The standard InChI is InChI=1S/C23H30ClN3O2/c1-17(2)22(20-7-9-21(24)10-8-20)26-23(28)25-15-18-3-5-19(6-4-18)16-27-11-13-29-14-12-27/h3-10,17,22H,11-16H2,1-2H3,(H2,25,26,28). The molecule has 1 unspecified atom stereocenters. The molecule has 2 N–H and O–H groups in total. The Kier molecular flexibility index (Phi) is 7.92. The van der Waals surface area contributed by atoms with Gasteiger partial charge < -0.3 is 15.4 Å². The van der Waals surface area contributed by atoms with Crippen LogP contribution in [-0.4, -0.2) is 37.2 Å². The number of carbonyl (C=O) groups is 1. The molecule has 1 atom stereocenters. The van der Waals surface area contributed by atoms with E-state index >= 15 is 0 Å². The van der Waals surface area contributed by atoms with Gasteiger partial charge in [0, 0.05) is 31.2 Å². The summed E-state index contributed by atoms with van der Waals surface area (Å²) >= 11 is 5.98. The highest BCUT2D eigenvalue weighted by Crippen LogP contribution is 2.23. The fourth-order valence-corrected chi connectivity index (χ4v) is 3.59. The van der Waals surface area contributed by atoms with Crippen LogP contribution >= 0.6 is 11.6 Å². The molecule has 6 heteroatoms.